The van der Waals surface area contributed by atoms with Crippen molar-refractivity contribution in [3.05, 3.63) is 242 Å². The molecule has 0 aliphatic heterocycles. The third-order valence-corrected chi connectivity index (χ3v) is 17.0. The first-order valence-corrected chi connectivity index (χ1v) is 25.4. The molecule has 0 radical (unpaired) electrons. The van der Waals surface area contributed by atoms with Gasteiger partial charge in [-0.3, -0.25) is 0 Å². The Morgan fingerprint density at radius 1 is 0.333 bits per heavy atom. The molecule has 0 amide bonds. The molecule has 13 aromatic rings. The second-order valence-corrected chi connectivity index (χ2v) is 20.9. The summed E-state index contributed by atoms with van der Waals surface area (Å²) in [6, 6.07) is 85.6. The molecule has 0 fully saturated rings. The van der Waals surface area contributed by atoms with Gasteiger partial charge in [-0.25, -0.2) is 0 Å². The van der Waals surface area contributed by atoms with Crippen LogP contribution < -0.4 is 9.80 Å². The Morgan fingerprint density at radius 2 is 0.884 bits per heavy atom. The Morgan fingerprint density at radius 3 is 1.61 bits per heavy atom. The summed E-state index contributed by atoms with van der Waals surface area (Å²) in [5, 5.41) is 10.3. The monoisotopic (exact) mass is 916 g/mol. The first-order chi connectivity index (χ1) is 34.0. The predicted octanol–water partition coefficient (Wildman–Crippen LogP) is 19.6. The van der Waals surface area contributed by atoms with Crippen LogP contribution >= 0.6 is 22.7 Å². The zero-order valence-corrected chi connectivity index (χ0v) is 39.8. The van der Waals surface area contributed by atoms with Crippen molar-refractivity contribution in [2.24, 2.45) is 0 Å². The van der Waals surface area contributed by atoms with Gasteiger partial charge in [0.05, 0.1) is 26.5 Å². The van der Waals surface area contributed by atoms with Crippen LogP contribution in [-0.2, 0) is 5.41 Å². The van der Waals surface area contributed by atoms with E-state index >= 15 is 0 Å². The molecule has 69 heavy (non-hydrogen) atoms. The average molecular weight is 917 g/mol. The topological polar surface area (TPSA) is 6.48 Å². The zero-order valence-electron chi connectivity index (χ0n) is 38.2. The third kappa shape index (κ3) is 6.16. The van der Waals surface area contributed by atoms with Crippen LogP contribution in [0.25, 0.3) is 84.1 Å². The Bertz CT molecular complexity index is 4180. The van der Waals surface area contributed by atoms with E-state index in [2.05, 4.69) is 254 Å². The van der Waals surface area contributed by atoms with Crippen LogP contribution in [0, 0.1) is 0 Å². The molecule has 0 N–H and O–H groups in total. The van der Waals surface area contributed by atoms with Crippen molar-refractivity contribution >= 4 is 119 Å². The molecule has 1 aliphatic rings. The van der Waals surface area contributed by atoms with Gasteiger partial charge in [0.15, 0.2) is 0 Å². The number of hydrogen-bond donors (Lipinski definition) is 0. The Labute approximate surface area is 409 Å². The summed E-state index contributed by atoms with van der Waals surface area (Å²) in [7, 11) is 0. The predicted molar refractivity (Wildman–Crippen MR) is 300 cm³/mol. The van der Waals surface area contributed by atoms with Gasteiger partial charge in [-0.2, -0.15) is 0 Å². The number of benzene rings is 11. The minimum absolute atomic E-state index is 0.301. The van der Waals surface area contributed by atoms with Gasteiger partial charge in [0, 0.05) is 59.0 Å². The second kappa shape index (κ2) is 15.5. The lowest BCUT2D eigenvalue weighted by molar-refractivity contribution is 0.645. The van der Waals surface area contributed by atoms with Crippen LogP contribution in [-0.4, -0.2) is 0 Å². The summed E-state index contributed by atoms with van der Waals surface area (Å²) in [5.41, 5.74) is 14.3. The summed E-state index contributed by atoms with van der Waals surface area (Å²) in [5.74, 6) is 0. The Balaban J connectivity index is 0.965. The van der Waals surface area contributed by atoms with E-state index in [1.165, 1.54) is 107 Å². The summed E-state index contributed by atoms with van der Waals surface area (Å²) in [4.78, 5) is 4.97. The highest BCUT2D eigenvalue weighted by molar-refractivity contribution is 7.26. The molecule has 4 heteroatoms. The number of nitrogens with zero attached hydrogens (tertiary/aromatic N) is 2. The van der Waals surface area contributed by atoms with Gasteiger partial charge in [-0.15, -0.1) is 22.7 Å². The quantitative estimate of drug-likeness (QED) is 0.147. The summed E-state index contributed by atoms with van der Waals surface area (Å²) >= 11 is 3.76. The van der Waals surface area contributed by atoms with Crippen molar-refractivity contribution in [1.82, 2.24) is 0 Å². The molecule has 1 aliphatic carbocycles. The van der Waals surface area contributed by atoms with Crippen molar-refractivity contribution in [3.8, 4) is 22.3 Å². The van der Waals surface area contributed by atoms with E-state index in [1.54, 1.807) is 0 Å². The highest BCUT2D eigenvalue weighted by Crippen LogP contribution is 2.54. The van der Waals surface area contributed by atoms with Gasteiger partial charge in [-0.1, -0.05) is 172 Å². The maximum Gasteiger partial charge on any atom is 0.0640 e. The molecule has 2 nitrogen and oxygen atoms in total. The van der Waals surface area contributed by atoms with Gasteiger partial charge >= 0.3 is 0 Å². The van der Waals surface area contributed by atoms with Crippen molar-refractivity contribution in [2.75, 3.05) is 9.80 Å². The summed E-state index contributed by atoms with van der Waals surface area (Å²) in [6.07, 6.45) is 0. The molecule has 14 rings (SSSR count). The number of rotatable bonds is 7. The van der Waals surface area contributed by atoms with E-state index in [-0.39, 0.29) is 5.41 Å². The van der Waals surface area contributed by atoms with Gasteiger partial charge in [0.2, 0.25) is 0 Å². The van der Waals surface area contributed by atoms with Crippen molar-refractivity contribution in [2.45, 2.75) is 19.3 Å². The number of thiophene rings is 2. The van der Waals surface area contributed by atoms with Crippen molar-refractivity contribution in [1.29, 1.82) is 0 Å². The molecular weight excluding hydrogens is 873 g/mol. The molecule has 11 aromatic carbocycles. The third-order valence-electron chi connectivity index (χ3n) is 14.6. The van der Waals surface area contributed by atoms with Crippen LogP contribution in [0.4, 0.5) is 34.1 Å². The molecular formula is C65H44N2S2. The maximum atomic E-state index is 2.52. The van der Waals surface area contributed by atoms with E-state index in [1.807, 2.05) is 22.7 Å². The van der Waals surface area contributed by atoms with Crippen LogP contribution in [0.2, 0.25) is 0 Å². The summed E-state index contributed by atoms with van der Waals surface area (Å²) in [6.45, 7) is 4.84. The fourth-order valence-corrected chi connectivity index (χ4v) is 13.8. The number of anilines is 6. The van der Waals surface area contributed by atoms with E-state index < -0.39 is 0 Å². The highest BCUT2D eigenvalue weighted by Gasteiger charge is 2.35. The SMILES string of the molecule is CC1(C)c2cc(N(c3ccccc3-c3ccccc3)c3cccc4c3sc3ccccc34)ccc2-c2cc3ccc(N(c4ccccc4)c4cccc5c4sc4ccccc45)cc3c3cccc1c23. The van der Waals surface area contributed by atoms with Crippen molar-refractivity contribution < 1.29 is 0 Å². The Hall–Kier alpha value is -8.02. The maximum absolute atomic E-state index is 2.52. The molecule has 2 heterocycles. The van der Waals surface area contributed by atoms with Crippen LogP contribution in [0.1, 0.15) is 25.0 Å². The van der Waals surface area contributed by atoms with Gasteiger partial charge in [0.1, 0.15) is 0 Å². The van der Waals surface area contributed by atoms with Crippen LogP contribution in [0.15, 0.2) is 231 Å². The number of fused-ring (bicyclic) bond motifs is 10. The van der Waals surface area contributed by atoms with E-state index in [4.69, 9.17) is 0 Å². The fraction of sp³-hybridized carbons (Fsp3) is 0.0462. The first-order valence-electron chi connectivity index (χ1n) is 23.7. The van der Waals surface area contributed by atoms with Crippen molar-refractivity contribution in [3.63, 3.8) is 0 Å². The minimum Gasteiger partial charge on any atom is -0.309 e. The van der Waals surface area contributed by atoms with E-state index in [0.29, 0.717) is 0 Å². The lowest BCUT2D eigenvalue weighted by Crippen LogP contribution is -2.24. The minimum atomic E-state index is -0.301. The lowest BCUT2D eigenvalue weighted by atomic mass is 9.68. The average Bonchev–Trinajstić information content (AvgIpc) is 3.99. The van der Waals surface area contributed by atoms with Crippen LogP contribution in [0.3, 0.4) is 0 Å². The zero-order chi connectivity index (χ0) is 45.8. The smallest absolute Gasteiger partial charge is 0.0640 e. The molecule has 0 spiro atoms. The number of hydrogen-bond acceptors (Lipinski definition) is 4. The first kappa shape index (κ1) is 40.1. The normalized spacial score (nSPS) is 12.9. The number of para-hydroxylation sites is 2. The second-order valence-electron chi connectivity index (χ2n) is 18.8. The van der Waals surface area contributed by atoms with E-state index in [9.17, 15) is 0 Å². The van der Waals surface area contributed by atoms with Gasteiger partial charge in [-0.05, 0) is 122 Å². The molecule has 0 bridgehead atoms. The molecule has 326 valence electrons. The van der Waals surface area contributed by atoms with Gasteiger partial charge < -0.3 is 9.80 Å². The fourth-order valence-electron chi connectivity index (χ4n) is 11.4. The van der Waals surface area contributed by atoms with Crippen LogP contribution in [0.5, 0.6) is 0 Å². The lowest BCUT2D eigenvalue weighted by Gasteiger charge is -2.37. The molecule has 2 aromatic heterocycles. The standard InChI is InChI=1S/C65H44N2S2/c1-65(2)55-28-15-25-50-53-39-44(66(43-20-7-4-8-21-43)58-30-16-26-51-48-23-10-13-32-60(48)68-63(51)58)35-34-42(53)38-54(62(50)55)47-37-36-45(40-56(47)65)67(57-29-12-9-22-46(57)41-18-5-3-6-19-41)59-31-17-27-52-49-24-11-14-33-61(49)69-64(52)59/h3-40H,1-2H3. The molecule has 0 saturated heterocycles. The van der Waals surface area contributed by atoms with Gasteiger partial charge in [0.25, 0.3) is 0 Å². The molecule has 0 unspecified atom stereocenters. The largest absolute Gasteiger partial charge is 0.309 e. The Kier molecular flexibility index (Phi) is 9.01. The summed E-state index contributed by atoms with van der Waals surface area (Å²) < 4.78 is 5.18. The molecule has 0 saturated carbocycles. The highest BCUT2D eigenvalue weighted by atomic mass is 32.1. The van der Waals surface area contributed by atoms with E-state index in [0.717, 1.165) is 22.7 Å². The molecule has 0 atom stereocenters.